The zero-order valence-electron chi connectivity index (χ0n) is 12.4. The summed E-state index contributed by atoms with van der Waals surface area (Å²) in [5.41, 5.74) is 7.97. The van der Waals surface area contributed by atoms with Crippen molar-refractivity contribution in [3.63, 3.8) is 0 Å². The number of nitrogens with two attached hydrogens (primary N) is 1. The summed E-state index contributed by atoms with van der Waals surface area (Å²) in [6.45, 7) is 0. The average Bonchev–Trinajstić information content (AvgIpc) is 2.98. The van der Waals surface area contributed by atoms with Crippen LogP contribution in [0.2, 0.25) is 0 Å². The molecule has 0 saturated heterocycles. The zero-order chi connectivity index (χ0) is 14.7. The second-order valence-electron chi connectivity index (χ2n) is 5.73. The van der Waals surface area contributed by atoms with Gasteiger partial charge in [-0.2, -0.15) is 0 Å². The first-order chi connectivity index (χ1) is 10.2. The van der Waals surface area contributed by atoms with Gasteiger partial charge in [0.25, 0.3) is 5.91 Å². The molecular formula is C18H21ClN2O. The number of halogens is 1. The van der Waals surface area contributed by atoms with Crippen molar-refractivity contribution in [2.45, 2.75) is 31.2 Å². The SMILES string of the molecule is Cl.Nc1cccc(C(=O)NC2(c3ccccc3)CCCC2)c1. The molecule has 1 aliphatic carbocycles. The predicted molar refractivity (Wildman–Crippen MR) is 92.2 cm³/mol. The highest BCUT2D eigenvalue weighted by molar-refractivity contribution is 5.95. The summed E-state index contributed by atoms with van der Waals surface area (Å²) >= 11 is 0. The van der Waals surface area contributed by atoms with Crippen molar-refractivity contribution in [2.24, 2.45) is 0 Å². The first-order valence-corrected chi connectivity index (χ1v) is 7.43. The summed E-state index contributed by atoms with van der Waals surface area (Å²) < 4.78 is 0. The molecule has 0 bridgehead atoms. The van der Waals surface area contributed by atoms with Crippen molar-refractivity contribution in [2.75, 3.05) is 5.73 Å². The number of nitrogen functional groups attached to an aromatic ring is 1. The van der Waals surface area contributed by atoms with Crippen molar-refractivity contribution < 1.29 is 4.79 Å². The van der Waals surface area contributed by atoms with E-state index in [1.165, 1.54) is 5.56 Å². The molecular weight excluding hydrogens is 296 g/mol. The van der Waals surface area contributed by atoms with Crippen LogP contribution in [-0.4, -0.2) is 5.91 Å². The molecule has 0 atom stereocenters. The summed E-state index contributed by atoms with van der Waals surface area (Å²) in [7, 11) is 0. The Morgan fingerprint density at radius 2 is 1.68 bits per heavy atom. The second kappa shape index (κ2) is 6.84. The minimum absolute atomic E-state index is 0. The highest BCUT2D eigenvalue weighted by Gasteiger charge is 2.37. The maximum atomic E-state index is 12.6. The molecule has 2 aromatic rings. The van der Waals surface area contributed by atoms with Gasteiger partial charge in [0, 0.05) is 11.3 Å². The van der Waals surface area contributed by atoms with Crippen LogP contribution in [0.1, 0.15) is 41.6 Å². The van der Waals surface area contributed by atoms with Gasteiger partial charge in [-0.1, -0.05) is 49.2 Å². The van der Waals surface area contributed by atoms with E-state index in [9.17, 15) is 4.79 Å². The Balaban J connectivity index is 0.00000176. The summed E-state index contributed by atoms with van der Waals surface area (Å²) in [4.78, 5) is 12.6. The minimum atomic E-state index is -0.233. The standard InChI is InChI=1S/C18H20N2O.ClH/c19-16-10-6-7-14(13-16)17(21)20-18(11-4-5-12-18)15-8-2-1-3-9-15;/h1-3,6-10,13H,4-5,11-12,19H2,(H,20,21);1H. The van der Waals surface area contributed by atoms with E-state index in [1.807, 2.05) is 24.3 Å². The monoisotopic (exact) mass is 316 g/mol. The molecule has 22 heavy (non-hydrogen) atoms. The fourth-order valence-electron chi connectivity index (χ4n) is 3.19. The molecule has 0 unspecified atom stereocenters. The van der Waals surface area contributed by atoms with E-state index in [2.05, 4.69) is 17.4 Å². The van der Waals surface area contributed by atoms with E-state index in [-0.39, 0.29) is 23.9 Å². The smallest absolute Gasteiger partial charge is 0.252 e. The molecule has 116 valence electrons. The van der Waals surface area contributed by atoms with Crippen LogP contribution in [0, 0.1) is 0 Å². The lowest BCUT2D eigenvalue weighted by molar-refractivity contribution is 0.0898. The van der Waals surface area contributed by atoms with Gasteiger partial charge in [-0.3, -0.25) is 4.79 Å². The van der Waals surface area contributed by atoms with Gasteiger partial charge in [0.15, 0.2) is 0 Å². The van der Waals surface area contributed by atoms with E-state index >= 15 is 0 Å². The Morgan fingerprint density at radius 1 is 1.00 bits per heavy atom. The normalized spacial score (nSPS) is 15.8. The maximum Gasteiger partial charge on any atom is 0.252 e. The highest BCUT2D eigenvalue weighted by atomic mass is 35.5. The van der Waals surface area contributed by atoms with Crippen LogP contribution in [0.3, 0.4) is 0 Å². The number of benzene rings is 2. The molecule has 1 amide bonds. The van der Waals surface area contributed by atoms with Gasteiger partial charge < -0.3 is 11.1 Å². The summed E-state index contributed by atoms with van der Waals surface area (Å²) in [6, 6.07) is 17.4. The van der Waals surface area contributed by atoms with Gasteiger partial charge in [0.05, 0.1) is 5.54 Å². The van der Waals surface area contributed by atoms with E-state index in [4.69, 9.17) is 5.73 Å². The van der Waals surface area contributed by atoms with E-state index in [0.29, 0.717) is 11.3 Å². The van der Waals surface area contributed by atoms with Crippen LogP contribution < -0.4 is 11.1 Å². The van der Waals surface area contributed by atoms with E-state index < -0.39 is 0 Å². The third kappa shape index (κ3) is 3.25. The Bertz CT molecular complexity index is 637. The molecule has 1 fully saturated rings. The third-order valence-electron chi connectivity index (χ3n) is 4.29. The molecule has 0 radical (unpaired) electrons. The Labute approximate surface area is 137 Å². The maximum absolute atomic E-state index is 12.6. The summed E-state index contributed by atoms with van der Waals surface area (Å²) in [6.07, 6.45) is 4.27. The van der Waals surface area contributed by atoms with Crippen molar-refractivity contribution in [1.29, 1.82) is 0 Å². The topological polar surface area (TPSA) is 55.1 Å². The molecule has 3 rings (SSSR count). The molecule has 2 aromatic carbocycles. The third-order valence-corrected chi connectivity index (χ3v) is 4.29. The van der Waals surface area contributed by atoms with Crippen molar-refractivity contribution >= 4 is 24.0 Å². The van der Waals surface area contributed by atoms with Crippen LogP contribution in [0.4, 0.5) is 5.69 Å². The van der Waals surface area contributed by atoms with Gasteiger partial charge >= 0.3 is 0 Å². The minimum Gasteiger partial charge on any atom is -0.399 e. The van der Waals surface area contributed by atoms with Crippen molar-refractivity contribution in [3.8, 4) is 0 Å². The molecule has 0 spiro atoms. The van der Waals surface area contributed by atoms with Crippen molar-refractivity contribution in [3.05, 3.63) is 65.7 Å². The van der Waals surface area contributed by atoms with Crippen LogP contribution >= 0.6 is 12.4 Å². The Morgan fingerprint density at radius 3 is 2.32 bits per heavy atom. The molecule has 0 heterocycles. The van der Waals surface area contributed by atoms with Crippen LogP contribution in [0.5, 0.6) is 0 Å². The Hall–Kier alpha value is -2.00. The fourth-order valence-corrected chi connectivity index (χ4v) is 3.19. The lowest BCUT2D eigenvalue weighted by atomic mass is 9.88. The highest BCUT2D eigenvalue weighted by Crippen LogP contribution is 2.38. The molecule has 4 heteroatoms. The quantitative estimate of drug-likeness (QED) is 0.844. The Kier molecular flexibility index (Phi) is 5.09. The van der Waals surface area contributed by atoms with E-state index in [1.54, 1.807) is 18.2 Å². The number of amides is 1. The number of carbonyl (C=O) groups excluding carboxylic acids is 1. The molecule has 0 aromatic heterocycles. The lowest BCUT2D eigenvalue weighted by Gasteiger charge is -2.31. The number of anilines is 1. The largest absolute Gasteiger partial charge is 0.399 e. The molecule has 1 aliphatic rings. The number of carbonyl (C=O) groups is 1. The zero-order valence-corrected chi connectivity index (χ0v) is 13.2. The van der Waals surface area contributed by atoms with Crippen LogP contribution in [-0.2, 0) is 5.54 Å². The predicted octanol–water partition coefficient (Wildman–Crippen LogP) is 3.89. The molecule has 3 N–H and O–H groups in total. The first kappa shape index (κ1) is 16.4. The summed E-state index contributed by atoms with van der Waals surface area (Å²) in [5.74, 6) is -0.0481. The number of nitrogens with one attached hydrogen (secondary N) is 1. The lowest BCUT2D eigenvalue weighted by Crippen LogP contribution is -2.43. The van der Waals surface area contributed by atoms with Gasteiger partial charge in [0.1, 0.15) is 0 Å². The van der Waals surface area contributed by atoms with Crippen LogP contribution in [0.15, 0.2) is 54.6 Å². The van der Waals surface area contributed by atoms with Gasteiger partial charge in [-0.05, 0) is 36.6 Å². The molecule has 1 saturated carbocycles. The van der Waals surface area contributed by atoms with E-state index in [0.717, 1.165) is 25.7 Å². The number of rotatable bonds is 3. The number of hydrogen-bond acceptors (Lipinski definition) is 2. The van der Waals surface area contributed by atoms with Gasteiger partial charge in [-0.15, -0.1) is 12.4 Å². The van der Waals surface area contributed by atoms with Gasteiger partial charge in [0.2, 0.25) is 0 Å². The number of hydrogen-bond donors (Lipinski definition) is 2. The second-order valence-corrected chi connectivity index (χ2v) is 5.73. The fraction of sp³-hybridized carbons (Fsp3) is 0.278. The van der Waals surface area contributed by atoms with Crippen molar-refractivity contribution in [1.82, 2.24) is 5.32 Å². The van der Waals surface area contributed by atoms with Crippen LogP contribution in [0.25, 0.3) is 0 Å². The molecule has 0 aliphatic heterocycles. The van der Waals surface area contributed by atoms with Gasteiger partial charge in [-0.25, -0.2) is 0 Å². The summed E-state index contributed by atoms with van der Waals surface area (Å²) in [5, 5.41) is 3.26. The average molecular weight is 317 g/mol. The molecule has 3 nitrogen and oxygen atoms in total. The first-order valence-electron chi connectivity index (χ1n) is 7.43.